The molecular weight excluding hydrogens is 374 g/mol. The maximum Gasteiger partial charge on any atom is 0.268 e. The fourth-order valence-corrected chi connectivity index (χ4v) is 2.71. The normalized spacial score (nSPS) is 14.3. The third-order valence-corrected chi connectivity index (χ3v) is 4.38. The summed E-state index contributed by atoms with van der Waals surface area (Å²) in [6, 6.07) is 5.02. The first kappa shape index (κ1) is 22.0. The second-order valence-electron chi connectivity index (χ2n) is 7.29. The summed E-state index contributed by atoms with van der Waals surface area (Å²) in [6.07, 6.45) is 1.53. The number of rotatable bonds is 6. The van der Waals surface area contributed by atoms with Crippen LogP contribution in [0.2, 0.25) is 0 Å². The molecule has 0 saturated carbocycles. The van der Waals surface area contributed by atoms with E-state index in [0.717, 1.165) is 19.5 Å². The lowest BCUT2D eigenvalue weighted by Gasteiger charge is -2.35. The average molecular weight is 397 g/mol. The standard InChI is InChI=1S/C21H23N3O5/c1-21(2,28)18(20(27)23-29)22-19(26)17-10-8-15(9-11-17)6-4-3-5-7-16-12-24(13-16)14-25/h8-11,14,16,18,28-29H,7,12-13H2,1-2H3,(H,22,26)(H,23,27). The molecule has 0 aromatic heterocycles. The van der Waals surface area contributed by atoms with Crippen molar-refractivity contribution >= 4 is 18.2 Å². The van der Waals surface area contributed by atoms with Crippen LogP contribution < -0.4 is 10.8 Å². The van der Waals surface area contributed by atoms with E-state index in [9.17, 15) is 19.5 Å². The Labute approximate surface area is 169 Å². The van der Waals surface area contributed by atoms with Gasteiger partial charge in [0, 0.05) is 36.6 Å². The summed E-state index contributed by atoms with van der Waals surface area (Å²) in [5.74, 6) is 10.3. The summed E-state index contributed by atoms with van der Waals surface area (Å²) in [5.41, 5.74) is 0.791. The Hall–Kier alpha value is -3.33. The highest BCUT2D eigenvalue weighted by atomic mass is 16.5. The molecule has 8 heteroatoms. The van der Waals surface area contributed by atoms with Crippen LogP contribution in [-0.4, -0.2) is 58.2 Å². The minimum absolute atomic E-state index is 0.270. The van der Waals surface area contributed by atoms with Gasteiger partial charge in [-0.2, -0.15) is 0 Å². The van der Waals surface area contributed by atoms with Crippen LogP contribution in [0.4, 0.5) is 0 Å². The Morgan fingerprint density at radius 3 is 2.48 bits per heavy atom. The Balaban J connectivity index is 1.92. The predicted octanol–water partition coefficient (Wildman–Crippen LogP) is -0.105. The molecule has 1 saturated heterocycles. The van der Waals surface area contributed by atoms with Gasteiger partial charge in [0.1, 0.15) is 6.04 Å². The number of aliphatic hydroxyl groups is 1. The second kappa shape index (κ2) is 9.74. The Morgan fingerprint density at radius 2 is 1.93 bits per heavy atom. The van der Waals surface area contributed by atoms with Gasteiger partial charge < -0.3 is 15.3 Å². The minimum atomic E-state index is -1.57. The first-order valence-electron chi connectivity index (χ1n) is 9.00. The summed E-state index contributed by atoms with van der Waals surface area (Å²) in [4.78, 5) is 36.1. The van der Waals surface area contributed by atoms with E-state index in [4.69, 9.17) is 5.21 Å². The van der Waals surface area contributed by atoms with Gasteiger partial charge in [0.2, 0.25) is 6.41 Å². The van der Waals surface area contributed by atoms with Crippen molar-refractivity contribution in [3.05, 3.63) is 35.4 Å². The highest BCUT2D eigenvalue weighted by molar-refractivity contribution is 5.97. The van der Waals surface area contributed by atoms with Crippen molar-refractivity contribution in [2.24, 2.45) is 5.92 Å². The van der Waals surface area contributed by atoms with Gasteiger partial charge >= 0.3 is 0 Å². The van der Waals surface area contributed by atoms with Gasteiger partial charge in [-0.15, -0.1) is 0 Å². The van der Waals surface area contributed by atoms with Crippen molar-refractivity contribution in [2.45, 2.75) is 31.9 Å². The molecule has 3 amide bonds. The molecule has 29 heavy (non-hydrogen) atoms. The van der Waals surface area contributed by atoms with Crippen LogP contribution in [0.3, 0.4) is 0 Å². The lowest BCUT2D eigenvalue weighted by molar-refractivity contribution is -0.136. The largest absolute Gasteiger partial charge is 0.388 e. The number of nitrogens with one attached hydrogen (secondary N) is 2. The quantitative estimate of drug-likeness (QED) is 0.231. The molecule has 1 atom stereocenters. The Morgan fingerprint density at radius 1 is 1.28 bits per heavy atom. The molecule has 1 fully saturated rings. The number of benzene rings is 1. The van der Waals surface area contributed by atoms with Crippen molar-refractivity contribution in [3.63, 3.8) is 0 Å². The van der Waals surface area contributed by atoms with Crippen molar-refractivity contribution in [3.8, 4) is 23.7 Å². The molecule has 0 radical (unpaired) electrons. The molecule has 1 heterocycles. The zero-order valence-electron chi connectivity index (χ0n) is 16.2. The average Bonchev–Trinajstić information content (AvgIpc) is 2.66. The number of amides is 3. The van der Waals surface area contributed by atoms with Gasteiger partial charge in [-0.25, -0.2) is 5.48 Å². The summed E-state index contributed by atoms with van der Waals surface area (Å²) < 4.78 is 0. The fraction of sp³-hybridized carbons (Fsp3) is 0.381. The van der Waals surface area contributed by atoms with Crippen LogP contribution in [0.15, 0.2) is 24.3 Å². The van der Waals surface area contributed by atoms with Crippen molar-refractivity contribution in [1.82, 2.24) is 15.7 Å². The number of carbonyl (C=O) groups excluding carboxylic acids is 3. The van der Waals surface area contributed by atoms with Crippen molar-refractivity contribution in [2.75, 3.05) is 13.1 Å². The van der Waals surface area contributed by atoms with Crippen LogP contribution in [0, 0.1) is 29.6 Å². The van der Waals surface area contributed by atoms with Gasteiger partial charge in [-0.05, 0) is 50.0 Å². The second-order valence-corrected chi connectivity index (χ2v) is 7.29. The van der Waals surface area contributed by atoms with E-state index in [1.807, 2.05) is 0 Å². The molecule has 1 aromatic rings. The van der Waals surface area contributed by atoms with E-state index in [0.29, 0.717) is 17.9 Å². The smallest absolute Gasteiger partial charge is 0.268 e. The van der Waals surface area contributed by atoms with Gasteiger partial charge in [-0.1, -0.05) is 11.8 Å². The Bertz CT molecular complexity index is 875. The molecule has 0 spiro atoms. The van der Waals surface area contributed by atoms with E-state index >= 15 is 0 Å². The number of carbonyl (C=O) groups is 3. The molecule has 4 N–H and O–H groups in total. The van der Waals surface area contributed by atoms with Crippen LogP contribution in [0.5, 0.6) is 0 Å². The van der Waals surface area contributed by atoms with Crippen molar-refractivity contribution in [1.29, 1.82) is 0 Å². The van der Waals surface area contributed by atoms with Gasteiger partial charge in [0.15, 0.2) is 0 Å². The van der Waals surface area contributed by atoms with Gasteiger partial charge in [-0.3, -0.25) is 19.6 Å². The first-order chi connectivity index (χ1) is 13.7. The van der Waals surface area contributed by atoms with Crippen molar-refractivity contribution < 1.29 is 24.7 Å². The van der Waals surface area contributed by atoms with Crippen LogP contribution in [-0.2, 0) is 9.59 Å². The molecule has 1 aliphatic rings. The van der Waals surface area contributed by atoms with E-state index in [1.54, 1.807) is 17.0 Å². The molecule has 1 aliphatic heterocycles. The first-order valence-corrected chi connectivity index (χ1v) is 9.00. The predicted molar refractivity (Wildman–Crippen MR) is 104 cm³/mol. The lowest BCUT2D eigenvalue weighted by atomic mass is 9.97. The fourth-order valence-electron chi connectivity index (χ4n) is 2.71. The molecule has 2 rings (SSSR count). The maximum atomic E-state index is 12.3. The van der Waals surface area contributed by atoms with Gasteiger partial charge in [0.25, 0.3) is 11.8 Å². The van der Waals surface area contributed by atoms with Crippen LogP contribution >= 0.6 is 0 Å². The lowest BCUT2D eigenvalue weighted by Crippen LogP contribution is -2.57. The van der Waals surface area contributed by atoms with E-state index in [-0.39, 0.29) is 5.56 Å². The molecule has 0 aliphatic carbocycles. The van der Waals surface area contributed by atoms with E-state index in [2.05, 4.69) is 29.0 Å². The number of hydroxylamine groups is 1. The third-order valence-electron chi connectivity index (χ3n) is 4.38. The number of hydrogen-bond acceptors (Lipinski definition) is 5. The topological polar surface area (TPSA) is 119 Å². The minimum Gasteiger partial charge on any atom is -0.388 e. The summed E-state index contributed by atoms with van der Waals surface area (Å²) in [7, 11) is 0. The summed E-state index contributed by atoms with van der Waals surface area (Å²) >= 11 is 0. The van der Waals surface area contributed by atoms with E-state index < -0.39 is 23.5 Å². The zero-order chi connectivity index (χ0) is 21.4. The molecule has 0 bridgehead atoms. The molecule has 8 nitrogen and oxygen atoms in total. The zero-order valence-corrected chi connectivity index (χ0v) is 16.2. The number of likely N-dealkylation sites (tertiary alicyclic amines) is 1. The molecule has 1 aromatic carbocycles. The highest BCUT2D eigenvalue weighted by Crippen LogP contribution is 2.15. The molecular formula is C21H23N3O5. The highest BCUT2D eigenvalue weighted by Gasteiger charge is 2.34. The Kier molecular flexibility index (Phi) is 7.38. The van der Waals surface area contributed by atoms with Crippen LogP contribution in [0.25, 0.3) is 0 Å². The summed E-state index contributed by atoms with van der Waals surface area (Å²) in [6.45, 7) is 4.17. The maximum absolute atomic E-state index is 12.3. The number of hydrogen-bond donors (Lipinski definition) is 4. The molecule has 152 valence electrons. The SMILES string of the molecule is CC(C)(O)C(NC(=O)c1ccc(C#CC#CCC2CN(C=O)C2)cc1)C(=O)NO. The monoisotopic (exact) mass is 397 g/mol. The van der Waals surface area contributed by atoms with Crippen LogP contribution in [0.1, 0.15) is 36.2 Å². The third kappa shape index (κ3) is 6.35. The molecule has 1 unspecified atom stereocenters. The number of nitrogens with zero attached hydrogens (tertiary/aromatic N) is 1. The van der Waals surface area contributed by atoms with E-state index in [1.165, 1.54) is 31.5 Å². The summed E-state index contributed by atoms with van der Waals surface area (Å²) in [5, 5.41) is 21.2. The van der Waals surface area contributed by atoms with Gasteiger partial charge in [0.05, 0.1) is 5.60 Å².